The highest BCUT2D eigenvalue weighted by Crippen LogP contribution is 2.30. The van der Waals surface area contributed by atoms with Gasteiger partial charge in [-0.3, -0.25) is 4.79 Å². The summed E-state index contributed by atoms with van der Waals surface area (Å²) in [5.74, 6) is -0.623. The van der Waals surface area contributed by atoms with Gasteiger partial charge in [0.05, 0.1) is 0 Å². The maximum Gasteiger partial charge on any atom is 0.302 e. The van der Waals surface area contributed by atoms with E-state index in [1.807, 2.05) is 0 Å². The summed E-state index contributed by atoms with van der Waals surface area (Å²) in [5.41, 5.74) is 0.843. The lowest BCUT2D eigenvalue weighted by Crippen LogP contribution is -2.36. The van der Waals surface area contributed by atoms with E-state index in [0.29, 0.717) is 11.4 Å². The molecule has 0 amide bonds. The predicted molar refractivity (Wildman–Crippen MR) is 66.9 cm³/mol. The first-order valence-corrected chi connectivity index (χ1v) is 6.29. The highest BCUT2D eigenvalue weighted by atomic mass is 35.5. The molecule has 1 aromatic rings. The maximum absolute atomic E-state index is 13.0. The van der Waals surface area contributed by atoms with Crippen molar-refractivity contribution in [3.05, 3.63) is 34.6 Å². The number of carbonyl (C=O) groups is 1. The number of esters is 1. The second-order valence-electron chi connectivity index (χ2n) is 4.43. The van der Waals surface area contributed by atoms with Crippen LogP contribution in [0.1, 0.15) is 31.4 Å². The molecule has 1 aliphatic rings. The van der Waals surface area contributed by atoms with E-state index in [9.17, 15) is 9.18 Å². The van der Waals surface area contributed by atoms with Gasteiger partial charge in [-0.25, -0.2) is 4.39 Å². The number of piperidine rings is 1. The molecule has 0 aromatic heterocycles. The Morgan fingerprint density at radius 2 is 2.33 bits per heavy atom. The lowest BCUT2D eigenvalue weighted by Gasteiger charge is -2.30. The van der Waals surface area contributed by atoms with Crippen LogP contribution in [0.3, 0.4) is 0 Å². The van der Waals surface area contributed by atoms with Gasteiger partial charge in [0.15, 0.2) is 0 Å². The zero-order valence-electron chi connectivity index (χ0n) is 10.1. The van der Waals surface area contributed by atoms with Crippen molar-refractivity contribution >= 4 is 17.6 Å². The monoisotopic (exact) mass is 271 g/mol. The molecule has 2 atom stereocenters. The Kier molecular flexibility index (Phi) is 4.19. The number of nitrogens with one attached hydrogen (secondary N) is 1. The largest absolute Gasteiger partial charge is 0.462 e. The van der Waals surface area contributed by atoms with Crippen LogP contribution in [0.25, 0.3) is 0 Å². The molecule has 1 aliphatic heterocycles. The minimum atomic E-state index is -0.351. The van der Waals surface area contributed by atoms with E-state index < -0.39 is 0 Å². The number of hydrogen-bond acceptors (Lipinski definition) is 3. The van der Waals surface area contributed by atoms with Crippen LogP contribution in [0.2, 0.25) is 5.02 Å². The predicted octanol–water partition coefficient (Wildman–Crippen LogP) is 2.84. The number of halogens is 2. The van der Waals surface area contributed by atoms with Crippen LogP contribution < -0.4 is 5.32 Å². The standard InChI is InChI=1S/C13H15ClFNO2/c1-8(17)18-10-4-5-16-13(7-10)11-3-2-9(15)6-12(11)14/h2-3,6,10,13,16H,4-5,7H2,1H3. The van der Waals surface area contributed by atoms with Crippen molar-refractivity contribution in [3.63, 3.8) is 0 Å². The Bertz CT molecular complexity index is 453. The first-order chi connectivity index (χ1) is 8.56. The summed E-state index contributed by atoms with van der Waals surface area (Å²) in [6.45, 7) is 2.15. The minimum absolute atomic E-state index is 0.00352. The third kappa shape index (κ3) is 3.21. The zero-order chi connectivity index (χ0) is 13.1. The second-order valence-corrected chi connectivity index (χ2v) is 4.84. The van der Waals surface area contributed by atoms with Crippen molar-refractivity contribution in [1.29, 1.82) is 0 Å². The van der Waals surface area contributed by atoms with Crippen LogP contribution in [0.4, 0.5) is 4.39 Å². The van der Waals surface area contributed by atoms with Crippen LogP contribution in [0.15, 0.2) is 18.2 Å². The lowest BCUT2D eigenvalue weighted by molar-refractivity contribution is -0.147. The van der Waals surface area contributed by atoms with Crippen molar-refractivity contribution in [1.82, 2.24) is 5.32 Å². The maximum atomic E-state index is 13.0. The average molecular weight is 272 g/mol. The normalized spacial score (nSPS) is 23.7. The third-order valence-corrected chi connectivity index (χ3v) is 3.35. The minimum Gasteiger partial charge on any atom is -0.462 e. The molecule has 0 saturated carbocycles. The topological polar surface area (TPSA) is 38.3 Å². The molecule has 0 aliphatic carbocycles. The van der Waals surface area contributed by atoms with Crippen molar-refractivity contribution in [2.24, 2.45) is 0 Å². The SMILES string of the molecule is CC(=O)OC1CCNC(c2ccc(F)cc2Cl)C1. The number of benzene rings is 1. The van der Waals surface area contributed by atoms with Gasteiger partial charge >= 0.3 is 5.97 Å². The van der Waals surface area contributed by atoms with E-state index in [1.54, 1.807) is 6.07 Å². The van der Waals surface area contributed by atoms with Crippen LogP contribution >= 0.6 is 11.6 Å². The van der Waals surface area contributed by atoms with E-state index in [-0.39, 0.29) is 23.9 Å². The Balaban J connectivity index is 2.10. The molecular weight excluding hydrogens is 257 g/mol. The molecule has 0 radical (unpaired) electrons. The van der Waals surface area contributed by atoms with Crippen LogP contribution in [0.5, 0.6) is 0 Å². The highest BCUT2D eigenvalue weighted by molar-refractivity contribution is 6.31. The summed E-state index contributed by atoms with van der Waals surface area (Å²) in [5, 5.41) is 3.70. The summed E-state index contributed by atoms with van der Waals surface area (Å²) in [7, 11) is 0. The van der Waals surface area contributed by atoms with E-state index >= 15 is 0 Å². The van der Waals surface area contributed by atoms with Gasteiger partial charge in [0.1, 0.15) is 11.9 Å². The molecule has 98 valence electrons. The first-order valence-electron chi connectivity index (χ1n) is 5.92. The summed E-state index contributed by atoms with van der Waals surface area (Å²) in [4.78, 5) is 10.9. The molecule has 1 saturated heterocycles. The summed E-state index contributed by atoms with van der Waals surface area (Å²) in [6, 6.07) is 4.36. The first kappa shape index (κ1) is 13.3. The Morgan fingerprint density at radius 1 is 1.56 bits per heavy atom. The zero-order valence-corrected chi connectivity index (χ0v) is 10.8. The third-order valence-electron chi connectivity index (χ3n) is 3.03. The van der Waals surface area contributed by atoms with Crippen molar-refractivity contribution in [2.75, 3.05) is 6.54 Å². The van der Waals surface area contributed by atoms with Gasteiger partial charge in [0.25, 0.3) is 0 Å². The van der Waals surface area contributed by atoms with Gasteiger partial charge in [-0.2, -0.15) is 0 Å². The fourth-order valence-corrected chi connectivity index (χ4v) is 2.54. The average Bonchev–Trinajstić information content (AvgIpc) is 2.28. The summed E-state index contributed by atoms with van der Waals surface area (Å²) >= 11 is 6.03. The van der Waals surface area contributed by atoms with E-state index in [1.165, 1.54) is 19.1 Å². The van der Waals surface area contributed by atoms with Gasteiger partial charge in [-0.05, 0) is 30.7 Å². The van der Waals surface area contributed by atoms with Crippen molar-refractivity contribution in [2.45, 2.75) is 31.9 Å². The van der Waals surface area contributed by atoms with Crippen molar-refractivity contribution < 1.29 is 13.9 Å². The Hall–Kier alpha value is -1.13. The molecule has 1 heterocycles. The van der Waals surface area contributed by atoms with Crippen LogP contribution in [0, 0.1) is 5.82 Å². The van der Waals surface area contributed by atoms with Crippen LogP contribution in [-0.4, -0.2) is 18.6 Å². The second kappa shape index (κ2) is 5.67. The summed E-state index contributed by atoms with van der Waals surface area (Å²) in [6.07, 6.45) is 1.34. The smallest absolute Gasteiger partial charge is 0.302 e. The Labute approximate surface area is 110 Å². The molecule has 5 heteroatoms. The number of rotatable bonds is 2. The molecule has 1 fully saturated rings. The van der Waals surface area contributed by atoms with Gasteiger partial charge in [0.2, 0.25) is 0 Å². The molecule has 1 aromatic carbocycles. The van der Waals surface area contributed by atoms with E-state index in [0.717, 1.165) is 18.5 Å². The molecule has 2 rings (SSSR count). The molecule has 0 spiro atoms. The highest BCUT2D eigenvalue weighted by Gasteiger charge is 2.26. The van der Waals surface area contributed by atoms with E-state index in [4.69, 9.17) is 16.3 Å². The van der Waals surface area contributed by atoms with Crippen molar-refractivity contribution in [3.8, 4) is 0 Å². The fraction of sp³-hybridized carbons (Fsp3) is 0.462. The van der Waals surface area contributed by atoms with E-state index in [2.05, 4.69) is 5.32 Å². The summed E-state index contributed by atoms with van der Waals surface area (Å²) < 4.78 is 18.2. The lowest BCUT2D eigenvalue weighted by atomic mass is 9.95. The van der Waals surface area contributed by atoms with Gasteiger partial charge in [-0.1, -0.05) is 17.7 Å². The molecular formula is C13H15ClFNO2. The van der Waals surface area contributed by atoms with Gasteiger partial charge < -0.3 is 10.1 Å². The quantitative estimate of drug-likeness (QED) is 0.841. The molecule has 3 nitrogen and oxygen atoms in total. The fourth-order valence-electron chi connectivity index (χ4n) is 2.25. The number of hydrogen-bond donors (Lipinski definition) is 1. The molecule has 2 unspecified atom stereocenters. The molecule has 0 bridgehead atoms. The molecule has 18 heavy (non-hydrogen) atoms. The van der Waals surface area contributed by atoms with Gasteiger partial charge in [0, 0.05) is 24.4 Å². The molecule has 1 N–H and O–H groups in total. The number of carbonyl (C=O) groups excluding carboxylic acids is 1. The number of ether oxygens (including phenoxy) is 1. The Morgan fingerprint density at radius 3 is 3.00 bits per heavy atom. The van der Waals surface area contributed by atoms with Gasteiger partial charge in [-0.15, -0.1) is 0 Å². The van der Waals surface area contributed by atoms with Crippen LogP contribution in [-0.2, 0) is 9.53 Å².